The van der Waals surface area contributed by atoms with E-state index in [1.54, 1.807) is 26.1 Å². The number of ether oxygens (including phenoxy) is 1. The highest BCUT2D eigenvalue weighted by molar-refractivity contribution is 5.80. The first-order valence-electron chi connectivity index (χ1n) is 5.87. The summed E-state index contributed by atoms with van der Waals surface area (Å²) in [4.78, 5) is 21.2. The molecule has 1 aromatic rings. The molecule has 0 aromatic heterocycles. The minimum Gasteiger partial charge on any atom is -0.492 e. The van der Waals surface area contributed by atoms with Crippen LogP contribution in [-0.2, 0) is 4.79 Å². The number of non-ortho nitro benzene ring substituents is 1. The molecule has 0 saturated heterocycles. The average molecular weight is 267 g/mol. The second-order valence-corrected chi connectivity index (χ2v) is 3.89. The van der Waals surface area contributed by atoms with Crippen LogP contribution in [0.4, 0.5) is 5.69 Å². The van der Waals surface area contributed by atoms with Crippen molar-refractivity contribution in [2.24, 2.45) is 0 Å². The Bertz CT molecular complexity index is 433. The molecule has 0 spiro atoms. The lowest BCUT2D eigenvalue weighted by Gasteiger charge is -2.12. The number of nitro benzene ring substituents is 1. The molecule has 1 amide bonds. The van der Waals surface area contributed by atoms with E-state index in [0.29, 0.717) is 18.9 Å². The lowest BCUT2D eigenvalue weighted by molar-refractivity contribution is -0.384. The van der Waals surface area contributed by atoms with Crippen LogP contribution in [0.5, 0.6) is 5.75 Å². The predicted octanol–water partition coefficient (Wildman–Crippen LogP) is 0.698. The summed E-state index contributed by atoms with van der Waals surface area (Å²) in [5.41, 5.74) is 0.0266. The molecule has 1 atom stereocenters. The Kier molecular flexibility index (Phi) is 5.74. The van der Waals surface area contributed by atoms with Crippen molar-refractivity contribution in [2.45, 2.75) is 13.0 Å². The van der Waals surface area contributed by atoms with E-state index in [9.17, 15) is 14.9 Å². The fourth-order valence-corrected chi connectivity index (χ4v) is 1.42. The van der Waals surface area contributed by atoms with E-state index in [2.05, 4.69) is 10.6 Å². The van der Waals surface area contributed by atoms with Crippen molar-refractivity contribution in [3.8, 4) is 5.75 Å². The van der Waals surface area contributed by atoms with E-state index in [-0.39, 0.29) is 17.6 Å². The van der Waals surface area contributed by atoms with E-state index >= 15 is 0 Å². The molecular formula is C12H17N3O4. The van der Waals surface area contributed by atoms with Gasteiger partial charge < -0.3 is 15.4 Å². The van der Waals surface area contributed by atoms with Crippen molar-refractivity contribution in [3.05, 3.63) is 34.4 Å². The molecule has 0 bridgehead atoms. The van der Waals surface area contributed by atoms with E-state index in [1.807, 2.05) is 0 Å². The van der Waals surface area contributed by atoms with Gasteiger partial charge >= 0.3 is 0 Å². The number of hydrogen-bond donors (Lipinski definition) is 2. The summed E-state index contributed by atoms with van der Waals surface area (Å²) in [5, 5.41) is 16.0. The van der Waals surface area contributed by atoms with Gasteiger partial charge in [-0.3, -0.25) is 14.9 Å². The number of carbonyl (C=O) groups excluding carboxylic acids is 1. The average Bonchev–Trinajstić information content (AvgIpc) is 2.42. The van der Waals surface area contributed by atoms with Crippen LogP contribution >= 0.6 is 0 Å². The summed E-state index contributed by atoms with van der Waals surface area (Å²) in [6, 6.07) is 5.57. The lowest BCUT2D eigenvalue weighted by Crippen LogP contribution is -2.42. The Balaban J connectivity index is 2.29. The maximum Gasteiger partial charge on any atom is 0.269 e. The summed E-state index contributed by atoms with van der Waals surface area (Å²) in [6.45, 7) is 2.63. The molecule has 1 rings (SSSR count). The predicted molar refractivity (Wildman–Crippen MR) is 70.1 cm³/mol. The van der Waals surface area contributed by atoms with Crippen LogP contribution in [0.2, 0.25) is 0 Å². The summed E-state index contributed by atoms with van der Waals surface area (Å²) < 4.78 is 5.39. The van der Waals surface area contributed by atoms with Crippen LogP contribution < -0.4 is 15.4 Å². The van der Waals surface area contributed by atoms with Crippen LogP contribution in [0.1, 0.15) is 6.92 Å². The molecule has 19 heavy (non-hydrogen) atoms. The molecule has 1 unspecified atom stereocenters. The van der Waals surface area contributed by atoms with Gasteiger partial charge in [0.1, 0.15) is 12.4 Å². The third-order valence-electron chi connectivity index (χ3n) is 2.51. The van der Waals surface area contributed by atoms with E-state index in [4.69, 9.17) is 4.74 Å². The minimum atomic E-state index is -0.462. The Morgan fingerprint density at radius 3 is 2.58 bits per heavy atom. The molecule has 1 aromatic carbocycles. The van der Waals surface area contributed by atoms with Crippen LogP contribution in [0.3, 0.4) is 0 Å². The van der Waals surface area contributed by atoms with Gasteiger partial charge in [-0.25, -0.2) is 0 Å². The molecule has 0 aliphatic rings. The molecule has 0 heterocycles. The van der Waals surface area contributed by atoms with Crippen LogP contribution in [0.15, 0.2) is 24.3 Å². The zero-order valence-corrected chi connectivity index (χ0v) is 10.9. The Hall–Kier alpha value is -2.15. The SMILES string of the molecule is CNC(=O)C(C)NCCOc1ccc([N+](=O)[O-])cc1. The molecular weight excluding hydrogens is 250 g/mol. The summed E-state index contributed by atoms with van der Waals surface area (Å²) in [7, 11) is 1.58. The highest BCUT2D eigenvalue weighted by Crippen LogP contribution is 2.16. The first-order valence-corrected chi connectivity index (χ1v) is 5.87. The minimum absolute atomic E-state index is 0.0266. The van der Waals surface area contributed by atoms with Crippen molar-refractivity contribution >= 4 is 11.6 Å². The largest absolute Gasteiger partial charge is 0.492 e. The van der Waals surface area contributed by atoms with Crippen molar-refractivity contribution in [1.82, 2.24) is 10.6 Å². The van der Waals surface area contributed by atoms with Crippen molar-refractivity contribution in [2.75, 3.05) is 20.2 Å². The second kappa shape index (κ2) is 7.32. The molecule has 0 fully saturated rings. The lowest BCUT2D eigenvalue weighted by atomic mass is 10.3. The smallest absolute Gasteiger partial charge is 0.269 e. The zero-order valence-electron chi connectivity index (χ0n) is 10.9. The van der Waals surface area contributed by atoms with Crippen molar-refractivity contribution in [3.63, 3.8) is 0 Å². The Labute approximate surface area is 111 Å². The normalized spacial score (nSPS) is 11.7. The number of hydrogen-bond acceptors (Lipinski definition) is 5. The quantitative estimate of drug-likeness (QED) is 0.431. The maximum absolute atomic E-state index is 11.2. The van der Waals surface area contributed by atoms with Gasteiger partial charge in [0.05, 0.1) is 11.0 Å². The number of nitrogens with zero attached hydrogens (tertiary/aromatic N) is 1. The number of carbonyl (C=O) groups is 1. The zero-order chi connectivity index (χ0) is 14.3. The van der Waals surface area contributed by atoms with E-state index in [1.165, 1.54) is 12.1 Å². The van der Waals surface area contributed by atoms with E-state index < -0.39 is 4.92 Å². The number of rotatable bonds is 7. The Morgan fingerprint density at radius 2 is 2.05 bits per heavy atom. The summed E-state index contributed by atoms with van der Waals surface area (Å²) in [6.07, 6.45) is 0. The van der Waals surface area contributed by atoms with Gasteiger partial charge in [-0.05, 0) is 19.1 Å². The van der Waals surface area contributed by atoms with Gasteiger partial charge in [0, 0.05) is 25.7 Å². The standard InChI is InChI=1S/C12H17N3O4/c1-9(12(16)13-2)14-7-8-19-11-5-3-10(4-6-11)15(17)18/h3-6,9,14H,7-8H2,1-2H3,(H,13,16). The van der Waals surface area contributed by atoms with E-state index in [0.717, 1.165) is 0 Å². The van der Waals surface area contributed by atoms with Gasteiger partial charge in [0.2, 0.25) is 5.91 Å². The number of nitrogens with one attached hydrogen (secondary N) is 2. The molecule has 0 aliphatic carbocycles. The summed E-state index contributed by atoms with van der Waals surface area (Å²) >= 11 is 0. The summed E-state index contributed by atoms with van der Waals surface area (Å²) in [5.74, 6) is 0.468. The topological polar surface area (TPSA) is 93.5 Å². The molecule has 104 valence electrons. The maximum atomic E-state index is 11.2. The van der Waals surface area contributed by atoms with Gasteiger partial charge in [-0.15, -0.1) is 0 Å². The second-order valence-electron chi connectivity index (χ2n) is 3.89. The highest BCUT2D eigenvalue weighted by Gasteiger charge is 2.09. The van der Waals surface area contributed by atoms with Crippen LogP contribution in [0.25, 0.3) is 0 Å². The molecule has 0 radical (unpaired) electrons. The van der Waals surface area contributed by atoms with Crippen molar-refractivity contribution in [1.29, 1.82) is 0 Å². The molecule has 7 nitrogen and oxygen atoms in total. The third kappa shape index (κ3) is 4.92. The van der Waals surface area contributed by atoms with Gasteiger partial charge in [-0.1, -0.05) is 0 Å². The highest BCUT2D eigenvalue weighted by atomic mass is 16.6. The number of amides is 1. The van der Waals surface area contributed by atoms with Crippen LogP contribution in [0, 0.1) is 10.1 Å². The van der Waals surface area contributed by atoms with Gasteiger partial charge in [0.15, 0.2) is 0 Å². The molecule has 0 saturated carbocycles. The van der Waals surface area contributed by atoms with Crippen molar-refractivity contribution < 1.29 is 14.5 Å². The van der Waals surface area contributed by atoms with Crippen LogP contribution in [-0.4, -0.2) is 37.1 Å². The fourth-order valence-electron chi connectivity index (χ4n) is 1.42. The van der Waals surface area contributed by atoms with Gasteiger partial charge in [-0.2, -0.15) is 0 Å². The molecule has 7 heteroatoms. The molecule has 2 N–H and O–H groups in total. The third-order valence-corrected chi connectivity index (χ3v) is 2.51. The first kappa shape index (κ1) is 14.9. The number of benzene rings is 1. The fraction of sp³-hybridized carbons (Fsp3) is 0.417. The van der Waals surface area contributed by atoms with Gasteiger partial charge in [0.25, 0.3) is 5.69 Å². The molecule has 0 aliphatic heterocycles. The first-order chi connectivity index (χ1) is 9.04. The number of likely N-dealkylation sites (N-methyl/N-ethyl adjacent to an activating group) is 1. The monoisotopic (exact) mass is 267 g/mol. The number of nitro groups is 1. The Morgan fingerprint density at radius 1 is 1.42 bits per heavy atom.